The highest BCUT2D eigenvalue weighted by Gasteiger charge is 2.10. The van der Waals surface area contributed by atoms with E-state index in [2.05, 4.69) is 4.98 Å². The summed E-state index contributed by atoms with van der Waals surface area (Å²) in [7, 11) is 0. The molecule has 0 aliphatic heterocycles. The number of hydrogen-bond acceptors (Lipinski definition) is 4. The molecule has 0 bridgehead atoms. The molecule has 0 spiro atoms. The first-order valence-electron chi connectivity index (χ1n) is 5.29. The van der Waals surface area contributed by atoms with Gasteiger partial charge in [-0.15, -0.1) is 0 Å². The van der Waals surface area contributed by atoms with E-state index in [1.807, 2.05) is 31.2 Å². The minimum atomic E-state index is -0.0828. The van der Waals surface area contributed by atoms with Crippen molar-refractivity contribution >= 4 is 10.9 Å². The molecule has 86 valence electrons. The van der Waals surface area contributed by atoms with Gasteiger partial charge in [0.25, 0.3) is 0 Å². The molecule has 0 fully saturated rings. The summed E-state index contributed by atoms with van der Waals surface area (Å²) in [6.45, 7) is 2.05. The van der Waals surface area contributed by atoms with E-state index in [1.54, 1.807) is 0 Å². The van der Waals surface area contributed by atoms with Crippen LogP contribution in [0.1, 0.15) is 11.1 Å². The lowest BCUT2D eigenvalue weighted by Crippen LogP contribution is -2.04. The van der Waals surface area contributed by atoms with Gasteiger partial charge < -0.3 is 9.84 Å². The lowest BCUT2D eigenvalue weighted by atomic mass is 10.1. The topological polar surface area (TPSA) is 66.1 Å². The predicted molar refractivity (Wildman–Crippen MR) is 63.8 cm³/mol. The Kier molecular flexibility index (Phi) is 3.22. The van der Waals surface area contributed by atoms with Crippen molar-refractivity contribution in [2.24, 2.45) is 0 Å². The van der Waals surface area contributed by atoms with Crippen LogP contribution >= 0.6 is 0 Å². The maximum atomic E-state index is 9.01. The molecule has 0 atom stereocenters. The first-order chi connectivity index (χ1) is 8.26. The van der Waals surface area contributed by atoms with Gasteiger partial charge in [0.2, 0.25) is 0 Å². The quantitative estimate of drug-likeness (QED) is 0.869. The zero-order valence-electron chi connectivity index (χ0n) is 9.47. The molecule has 1 aromatic heterocycles. The second-order valence-corrected chi connectivity index (χ2v) is 3.71. The van der Waals surface area contributed by atoms with E-state index in [0.717, 1.165) is 16.5 Å². The van der Waals surface area contributed by atoms with Crippen LogP contribution in [0.15, 0.2) is 24.4 Å². The molecule has 0 saturated heterocycles. The van der Waals surface area contributed by atoms with E-state index in [-0.39, 0.29) is 13.2 Å². The molecule has 0 aliphatic carbocycles. The highest BCUT2D eigenvalue weighted by molar-refractivity contribution is 5.87. The average molecular weight is 228 g/mol. The molecule has 1 N–H and O–H groups in total. The largest absolute Gasteiger partial charge is 0.489 e. The number of nitriles is 1. The van der Waals surface area contributed by atoms with Crippen LogP contribution < -0.4 is 4.74 Å². The molecule has 4 nitrogen and oxygen atoms in total. The van der Waals surface area contributed by atoms with Crippen molar-refractivity contribution in [3.8, 4) is 11.8 Å². The van der Waals surface area contributed by atoms with Gasteiger partial charge in [0, 0.05) is 11.6 Å². The summed E-state index contributed by atoms with van der Waals surface area (Å²) < 4.78 is 5.43. The van der Waals surface area contributed by atoms with Crippen LogP contribution in [0.25, 0.3) is 10.9 Å². The lowest BCUT2D eigenvalue weighted by Gasteiger charge is -2.09. The van der Waals surface area contributed by atoms with E-state index >= 15 is 0 Å². The molecule has 0 radical (unpaired) electrons. The maximum absolute atomic E-state index is 9.01. The molecule has 1 aromatic carbocycles. The second-order valence-electron chi connectivity index (χ2n) is 3.71. The van der Waals surface area contributed by atoms with Gasteiger partial charge in [0.1, 0.15) is 24.0 Å². The molecule has 1 heterocycles. The summed E-state index contributed by atoms with van der Waals surface area (Å²) in [6, 6.07) is 7.82. The van der Waals surface area contributed by atoms with Gasteiger partial charge in [0.15, 0.2) is 0 Å². The molecular formula is C13H12N2O2. The minimum absolute atomic E-state index is 0.0828. The summed E-state index contributed by atoms with van der Waals surface area (Å²) in [4.78, 5) is 4.20. The van der Waals surface area contributed by atoms with Crippen LogP contribution in [0.2, 0.25) is 0 Å². The number of benzene rings is 1. The highest BCUT2D eigenvalue weighted by Crippen LogP contribution is 2.28. The van der Waals surface area contributed by atoms with Gasteiger partial charge in [-0.1, -0.05) is 11.6 Å². The number of aryl methyl sites for hydroxylation is 1. The normalized spacial score (nSPS) is 10.2. The van der Waals surface area contributed by atoms with Crippen LogP contribution in [-0.2, 0) is 0 Å². The fraction of sp³-hybridized carbons (Fsp3) is 0.231. The zero-order chi connectivity index (χ0) is 12.3. The highest BCUT2D eigenvalue weighted by atomic mass is 16.5. The van der Waals surface area contributed by atoms with Gasteiger partial charge in [-0.05, 0) is 19.1 Å². The molecule has 2 aromatic rings. The number of nitrogens with zero attached hydrogens (tertiary/aromatic N) is 2. The summed E-state index contributed by atoms with van der Waals surface area (Å²) in [5, 5.41) is 18.6. The van der Waals surface area contributed by atoms with Crippen LogP contribution in [-0.4, -0.2) is 23.3 Å². The van der Waals surface area contributed by atoms with Crippen LogP contribution in [0.3, 0.4) is 0 Å². The Bertz CT molecular complexity index is 588. The second kappa shape index (κ2) is 4.81. The molecule has 4 heteroatoms. The smallest absolute Gasteiger partial charge is 0.148 e. The third-order valence-electron chi connectivity index (χ3n) is 2.43. The number of aliphatic hydroxyl groups excluding tert-OH is 1. The van der Waals surface area contributed by atoms with Gasteiger partial charge >= 0.3 is 0 Å². The van der Waals surface area contributed by atoms with E-state index in [4.69, 9.17) is 15.1 Å². The maximum Gasteiger partial charge on any atom is 0.148 e. The van der Waals surface area contributed by atoms with Gasteiger partial charge in [0.05, 0.1) is 12.1 Å². The van der Waals surface area contributed by atoms with Crippen molar-refractivity contribution in [3.05, 3.63) is 35.5 Å². The van der Waals surface area contributed by atoms with E-state index in [9.17, 15) is 0 Å². The number of aromatic nitrogens is 1. The Balaban J connectivity index is 2.64. The summed E-state index contributed by atoms with van der Waals surface area (Å²) in [5.41, 5.74) is 2.24. The number of rotatable bonds is 3. The Hall–Kier alpha value is -2.12. The van der Waals surface area contributed by atoms with E-state index < -0.39 is 0 Å². The Morgan fingerprint density at radius 1 is 1.47 bits per heavy atom. The van der Waals surface area contributed by atoms with Gasteiger partial charge in [-0.2, -0.15) is 5.26 Å². The summed E-state index contributed by atoms with van der Waals surface area (Å²) >= 11 is 0. The Morgan fingerprint density at radius 3 is 3.00 bits per heavy atom. The number of hydrogen-bond donors (Lipinski definition) is 1. The first-order valence-corrected chi connectivity index (χ1v) is 5.29. The third kappa shape index (κ3) is 2.19. The van der Waals surface area contributed by atoms with E-state index in [0.29, 0.717) is 11.3 Å². The number of fused-ring (bicyclic) bond motifs is 1. The SMILES string of the molecule is Cc1ccc2ncc(C#N)c(OCCO)c2c1. The van der Waals surface area contributed by atoms with E-state index in [1.165, 1.54) is 6.20 Å². The minimum Gasteiger partial charge on any atom is -0.489 e. The first kappa shape index (κ1) is 11.4. The van der Waals surface area contributed by atoms with Crippen molar-refractivity contribution in [1.82, 2.24) is 4.98 Å². The molecule has 0 saturated carbocycles. The van der Waals surface area contributed by atoms with Crippen LogP contribution in [0.4, 0.5) is 0 Å². The van der Waals surface area contributed by atoms with Crippen molar-refractivity contribution < 1.29 is 9.84 Å². The van der Waals surface area contributed by atoms with Crippen molar-refractivity contribution in [1.29, 1.82) is 5.26 Å². The number of ether oxygens (including phenoxy) is 1. The summed E-state index contributed by atoms with van der Waals surface area (Å²) in [6.07, 6.45) is 1.49. The molecule has 17 heavy (non-hydrogen) atoms. The lowest BCUT2D eigenvalue weighted by molar-refractivity contribution is 0.202. The molecule has 2 rings (SSSR count). The standard InChI is InChI=1S/C13H12N2O2/c1-9-2-3-12-11(6-9)13(17-5-4-16)10(7-14)8-15-12/h2-3,6,8,16H,4-5H2,1H3. The monoisotopic (exact) mass is 228 g/mol. The number of pyridine rings is 1. The fourth-order valence-corrected chi connectivity index (χ4v) is 1.66. The predicted octanol–water partition coefficient (Wildman–Crippen LogP) is 1.79. The van der Waals surface area contributed by atoms with Crippen molar-refractivity contribution in [3.63, 3.8) is 0 Å². The number of aliphatic hydroxyl groups is 1. The fourth-order valence-electron chi connectivity index (χ4n) is 1.66. The van der Waals surface area contributed by atoms with Crippen molar-refractivity contribution in [2.75, 3.05) is 13.2 Å². The van der Waals surface area contributed by atoms with Gasteiger partial charge in [-0.3, -0.25) is 4.98 Å². The van der Waals surface area contributed by atoms with Crippen LogP contribution in [0.5, 0.6) is 5.75 Å². The van der Waals surface area contributed by atoms with Gasteiger partial charge in [-0.25, -0.2) is 0 Å². The molecule has 0 aliphatic rings. The zero-order valence-corrected chi connectivity index (χ0v) is 9.47. The third-order valence-corrected chi connectivity index (χ3v) is 2.43. The molecular weight excluding hydrogens is 216 g/mol. The summed E-state index contributed by atoms with van der Waals surface area (Å²) in [5.74, 6) is 0.496. The van der Waals surface area contributed by atoms with Crippen LogP contribution in [0, 0.1) is 18.3 Å². The Labute approximate surface area is 99.1 Å². The molecule has 0 amide bonds. The van der Waals surface area contributed by atoms with Crippen molar-refractivity contribution in [2.45, 2.75) is 6.92 Å². The Morgan fingerprint density at radius 2 is 2.29 bits per heavy atom. The molecule has 0 unspecified atom stereocenters. The average Bonchev–Trinajstić information content (AvgIpc) is 2.35.